The lowest BCUT2D eigenvalue weighted by Gasteiger charge is -2.20. The molecule has 7 nitrogen and oxygen atoms in total. The molecule has 7 heteroatoms. The van der Waals surface area contributed by atoms with Crippen LogP contribution in [0.1, 0.15) is 0 Å². The number of anilines is 3. The number of aromatic nitrogens is 4. The maximum atomic E-state index is 5.74. The number of benzene rings is 3. The smallest absolute Gasteiger partial charge is 0.224 e. The van der Waals surface area contributed by atoms with E-state index in [-0.39, 0.29) is 0 Å². The molecule has 5 aromatic rings. The summed E-state index contributed by atoms with van der Waals surface area (Å²) in [5.74, 6) is 2.20. The zero-order chi connectivity index (χ0) is 23.3. The van der Waals surface area contributed by atoms with Gasteiger partial charge in [0, 0.05) is 31.5 Å². The van der Waals surface area contributed by atoms with Gasteiger partial charge in [-0.2, -0.15) is 4.98 Å². The van der Waals surface area contributed by atoms with E-state index in [1.54, 1.807) is 6.20 Å². The van der Waals surface area contributed by atoms with Crippen molar-refractivity contribution in [3.05, 3.63) is 91.4 Å². The van der Waals surface area contributed by atoms with Crippen molar-refractivity contribution in [2.24, 2.45) is 7.05 Å². The number of nitrogens with zero attached hydrogens (tertiary/aromatic N) is 5. The Bertz CT molecular complexity index is 1380. The maximum absolute atomic E-state index is 5.74. The number of fused-ring (bicyclic) bond motifs is 1. The molecule has 0 bridgehead atoms. The predicted octanol–water partition coefficient (Wildman–Crippen LogP) is 5.29. The van der Waals surface area contributed by atoms with Gasteiger partial charge in [0.1, 0.15) is 18.2 Å². The standard InChI is InChI=1S/C27H26N6O/c1-32-19-30-26-23(20-9-5-3-6-10-20)17-21(18-24(26)32)33(2)25-13-14-28-27(31-25)29-15-16-34-22-11-7-4-8-12-22/h3-14,17-19H,15-16H2,1-2H3,(H,28,29,31). The largest absolute Gasteiger partial charge is 0.492 e. The summed E-state index contributed by atoms with van der Waals surface area (Å²) in [4.78, 5) is 15.8. The fraction of sp³-hybridized carbons (Fsp3) is 0.148. The Morgan fingerprint density at radius 3 is 2.50 bits per heavy atom. The van der Waals surface area contributed by atoms with E-state index in [0.29, 0.717) is 19.1 Å². The van der Waals surface area contributed by atoms with Crippen LogP contribution in [-0.2, 0) is 7.05 Å². The van der Waals surface area contributed by atoms with Gasteiger partial charge >= 0.3 is 0 Å². The Morgan fingerprint density at radius 1 is 0.941 bits per heavy atom. The molecule has 2 heterocycles. The third-order valence-electron chi connectivity index (χ3n) is 5.67. The molecule has 170 valence electrons. The molecular formula is C27H26N6O. The lowest BCUT2D eigenvalue weighted by atomic mass is 10.0. The molecule has 0 aliphatic rings. The van der Waals surface area contributed by atoms with E-state index in [0.717, 1.165) is 39.4 Å². The average molecular weight is 451 g/mol. The highest BCUT2D eigenvalue weighted by Crippen LogP contribution is 2.34. The summed E-state index contributed by atoms with van der Waals surface area (Å²) in [6.07, 6.45) is 3.62. The van der Waals surface area contributed by atoms with E-state index >= 15 is 0 Å². The molecule has 34 heavy (non-hydrogen) atoms. The molecule has 0 aliphatic carbocycles. The van der Waals surface area contributed by atoms with Crippen LogP contribution in [0.3, 0.4) is 0 Å². The molecule has 0 atom stereocenters. The highest BCUT2D eigenvalue weighted by molar-refractivity contribution is 5.95. The highest BCUT2D eigenvalue weighted by atomic mass is 16.5. The molecule has 0 fully saturated rings. The number of imidazole rings is 1. The van der Waals surface area contributed by atoms with Gasteiger partial charge in [0.2, 0.25) is 5.95 Å². The van der Waals surface area contributed by atoms with E-state index in [4.69, 9.17) is 9.72 Å². The van der Waals surface area contributed by atoms with Crippen LogP contribution in [-0.4, -0.2) is 39.7 Å². The summed E-state index contributed by atoms with van der Waals surface area (Å²) >= 11 is 0. The van der Waals surface area contributed by atoms with Crippen molar-refractivity contribution >= 4 is 28.5 Å². The Kier molecular flexibility index (Phi) is 6.07. The van der Waals surface area contributed by atoms with E-state index in [2.05, 4.69) is 44.5 Å². The van der Waals surface area contributed by atoms with Crippen LogP contribution in [0.4, 0.5) is 17.5 Å². The van der Waals surface area contributed by atoms with Gasteiger partial charge < -0.3 is 19.5 Å². The Balaban J connectivity index is 1.36. The van der Waals surface area contributed by atoms with Crippen LogP contribution in [0, 0.1) is 0 Å². The topological polar surface area (TPSA) is 68.1 Å². The van der Waals surface area contributed by atoms with Crippen molar-refractivity contribution in [2.75, 3.05) is 30.4 Å². The second-order valence-electron chi connectivity index (χ2n) is 7.97. The van der Waals surface area contributed by atoms with Crippen LogP contribution >= 0.6 is 0 Å². The molecule has 1 N–H and O–H groups in total. The molecule has 0 saturated heterocycles. The summed E-state index contributed by atoms with van der Waals surface area (Å²) in [5.41, 5.74) is 5.28. The number of hydrogen-bond acceptors (Lipinski definition) is 6. The van der Waals surface area contributed by atoms with Crippen LogP contribution in [0.15, 0.2) is 91.4 Å². The second-order valence-corrected chi connectivity index (χ2v) is 7.97. The fourth-order valence-electron chi connectivity index (χ4n) is 3.85. The van der Waals surface area contributed by atoms with Crippen LogP contribution in [0.25, 0.3) is 22.2 Å². The monoisotopic (exact) mass is 450 g/mol. The number of para-hydroxylation sites is 1. The summed E-state index contributed by atoms with van der Waals surface area (Å²) in [5, 5.41) is 3.25. The molecule has 0 radical (unpaired) electrons. The molecule has 0 amide bonds. The van der Waals surface area contributed by atoms with Crippen molar-refractivity contribution in [1.29, 1.82) is 0 Å². The molecular weight excluding hydrogens is 424 g/mol. The molecule has 5 rings (SSSR count). The average Bonchev–Trinajstić information content (AvgIpc) is 3.27. The number of hydrogen-bond donors (Lipinski definition) is 1. The lowest BCUT2D eigenvalue weighted by molar-refractivity contribution is 0.332. The predicted molar refractivity (Wildman–Crippen MR) is 137 cm³/mol. The quantitative estimate of drug-likeness (QED) is 0.324. The van der Waals surface area contributed by atoms with E-state index in [9.17, 15) is 0 Å². The first kappa shape index (κ1) is 21.5. The van der Waals surface area contributed by atoms with Gasteiger partial charge in [-0.3, -0.25) is 0 Å². The second kappa shape index (κ2) is 9.62. The highest BCUT2D eigenvalue weighted by Gasteiger charge is 2.14. The summed E-state index contributed by atoms with van der Waals surface area (Å²) in [7, 11) is 4.02. The molecule has 0 spiro atoms. The van der Waals surface area contributed by atoms with Gasteiger partial charge in [-0.25, -0.2) is 9.97 Å². The third kappa shape index (κ3) is 4.54. The first-order chi connectivity index (χ1) is 16.7. The van der Waals surface area contributed by atoms with Crippen molar-refractivity contribution in [3.8, 4) is 16.9 Å². The molecule has 2 aromatic heterocycles. The summed E-state index contributed by atoms with van der Waals surface area (Å²) < 4.78 is 7.78. The van der Waals surface area contributed by atoms with Crippen molar-refractivity contribution in [3.63, 3.8) is 0 Å². The van der Waals surface area contributed by atoms with Gasteiger partial charge in [0.15, 0.2) is 0 Å². The van der Waals surface area contributed by atoms with Gasteiger partial charge in [-0.15, -0.1) is 0 Å². The minimum atomic E-state index is 0.519. The fourth-order valence-corrected chi connectivity index (χ4v) is 3.85. The molecule has 0 aliphatic heterocycles. The number of ether oxygens (including phenoxy) is 1. The minimum absolute atomic E-state index is 0.519. The van der Waals surface area contributed by atoms with Crippen molar-refractivity contribution in [1.82, 2.24) is 19.5 Å². The van der Waals surface area contributed by atoms with Crippen molar-refractivity contribution in [2.45, 2.75) is 0 Å². The third-order valence-corrected chi connectivity index (χ3v) is 5.67. The zero-order valence-electron chi connectivity index (χ0n) is 19.2. The summed E-state index contributed by atoms with van der Waals surface area (Å²) in [6.45, 7) is 1.12. The molecule has 0 saturated carbocycles. The van der Waals surface area contributed by atoms with E-state index in [1.165, 1.54) is 0 Å². The first-order valence-corrected chi connectivity index (χ1v) is 11.2. The number of aryl methyl sites for hydroxylation is 1. The van der Waals surface area contributed by atoms with Gasteiger partial charge in [0.25, 0.3) is 0 Å². The van der Waals surface area contributed by atoms with Gasteiger partial charge in [0.05, 0.1) is 23.9 Å². The first-order valence-electron chi connectivity index (χ1n) is 11.2. The van der Waals surface area contributed by atoms with Crippen LogP contribution in [0.5, 0.6) is 5.75 Å². The Labute approximate surface area is 198 Å². The number of rotatable bonds is 8. The lowest BCUT2D eigenvalue weighted by Crippen LogP contribution is -2.16. The van der Waals surface area contributed by atoms with Gasteiger partial charge in [-0.05, 0) is 35.9 Å². The molecule has 0 unspecified atom stereocenters. The minimum Gasteiger partial charge on any atom is -0.492 e. The molecule has 3 aromatic carbocycles. The van der Waals surface area contributed by atoms with Gasteiger partial charge in [-0.1, -0.05) is 48.5 Å². The van der Waals surface area contributed by atoms with E-state index < -0.39 is 0 Å². The zero-order valence-corrected chi connectivity index (χ0v) is 19.2. The Hall–Kier alpha value is -4.39. The van der Waals surface area contributed by atoms with Crippen LogP contribution < -0.4 is 15.0 Å². The van der Waals surface area contributed by atoms with E-state index in [1.807, 2.05) is 79.6 Å². The summed E-state index contributed by atoms with van der Waals surface area (Å²) in [6, 6.07) is 26.3. The normalized spacial score (nSPS) is 10.9. The van der Waals surface area contributed by atoms with Crippen molar-refractivity contribution < 1.29 is 4.74 Å². The number of nitrogens with one attached hydrogen (secondary N) is 1. The Morgan fingerprint density at radius 2 is 1.71 bits per heavy atom. The maximum Gasteiger partial charge on any atom is 0.224 e. The SMILES string of the molecule is CN(c1cc(-c2ccccc2)c2ncn(C)c2c1)c1ccnc(NCCOc2ccccc2)n1. The van der Waals surface area contributed by atoms with Crippen LogP contribution in [0.2, 0.25) is 0 Å².